The minimum atomic E-state index is 0.756. The van der Waals surface area contributed by atoms with Crippen molar-refractivity contribution in [3.63, 3.8) is 0 Å². The van der Waals surface area contributed by atoms with Gasteiger partial charge in [0.2, 0.25) is 0 Å². The molecular formula is C11H16BrNO. The molecule has 0 atom stereocenters. The Morgan fingerprint density at radius 1 is 1.43 bits per heavy atom. The Morgan fingerprint density at radius 2 is 2.21 bits per heavy atom. The molecule has 0 amide bonds. The quantitative estimate of drug-likeness (QED) is 0.819. The summed E-state index contributed by atoms with van der Waals surface area (Å²) < 4.78 is 6.38. The van der Waals surface area contributed by atoms with E-state index in [0.717, 1.165) is 29.9 Å². The highest BCUT2D eigenvalue weighted by Crippen LogP contribution is 2.19. The number of hydrogen-bond acceptors (Lipinski definition) is 2. The summed E-state index contributed by atoms with van der Waals surface area (Å²) in [6.07, 6.45) is 0. The van der Waals surface area contributed by atoms with E-state index in [-0.39, 0.29) is 0 Å². The standard InChI is InChI=1S/C11H16BrNO/c1-3-14-7-6-13-10-4-5-11(12)9(2)8-10/h4-5,8,13H,3,6-7H2,1-2H3. The van der Waals surface area contributed by atoms with Gasteiger partial charge in [0.1, 0.15) is 0 Å². The number of nitrogens with one attached hydrogen (secondary N) is 1. The zero-order valence-electron chi connectivity index (χ0n) is 8.64. The summed E-state index contributed by atoms with van der Waals surface area (Å²) in [5.74, 6) is 0. The van der Waals surface area contributed by atoms with Crippen LogP contribution in [0.3, 0.4) is 0 Å². The maximum Gasteiger partial charge on any atom is 0.0638 e. The molecule has 78 valence electrons. The van der Waals surface area contributed by atoms with Gasteiger partial charge in [0.05, 0.1) is 6.61 Å². The highest BCUT2D eigenvalue weighted by Gasteiger charge is 1.96. The van der Waals surface area contributed by atoms with Gasteiger partial charge in [0, 0.05) is 23.3 Å². The molecule has 0 aromatic heterocycles. The van der Waals surface area contributed by atoms with E-state index in [9.17, 15) is 0 Å². The fourth-order valence-corrected chi connectivity index (χ4v) is 1.41. The van der Waals surface area contributed by atoms with E-state index in [1.807, 2.05) is 6.92 Å². The summed E-state index contributed by atoms with van der Waals surface area (Å²) >= 11 is 3.47. The lowest BCUT2D eigenvalue weighted by Crippen LogP contribution is -2.09. The van der Waals surface area contributed by atoms with Crippen LogP contribution in [0.15, 0.2) is 22.7 Å². The zero-order valence-corrected chi connectivity index (χ0v) is 10.2. The van der Waals surface area contributed by atoms with Crippen molar-refractivity contribution in [1.82, 2.24) is 0 Å². The van der Waals surface area contributed by atoms with Crippen molar-refractivity contribution in [3.8, 4) is 0 Å². The van der Waals surface area contributed by atoms with E-state index < -0.39 is 0 Å². The van der Waals surface area contributed by atoms with E-state index in [4.69, 9.17) is 4.74 Å². The van der Waals surface area contributed by atoms with Crippen LogP contribution >= 0.6 is 15.9 Å². The van der Waals surface area contributed by atoms with Crippen LogP contribution in [0.5, 0.6) is 0 Å². The lowest BCUT2D eigenvalue weighted by molar-refractivity contribution is 0.158. The van der Waals surface area contributed by atoms with Crippen molar-refractivity contribution < 1.29 is 4.74 Å². The lowest BCUT2D eigenvalue weighted by atomic mass is 10.2. The first-order chi connectivity index (χ1) is 6.74. The third-order valence-electron chi connectivity index (χ3n) is 1.94. The molecule has 1 aromatic rings. The van der Waals surface area contributed by atoms with E-state index in [2.05, 4.69) is 46.4 Å². The molecule has 1 rings (SSSR count). The number of aryl methyl sites for hydroxylation is 1. The molecule has 1 N–H and O–H groups in total. The summed E-state index contributed by atoms with van der Waals surface area (Å²) in [7, 11) is 0. The molecule has 0 spiro atoms. The topological polar surface area (TPSA) is 21.3 Å². The van der Waals surface area contributed by atoms with Crippen LogP contribution in [0, 0.1) is 6.92 Å². The summed E-state index contributed by atoms with van der Waals surface area (Å²) in [5, 5.41) is 3.30. The van der Waals surface area contributed by atoms with Gasteiger partial charge in [0.15, 0.2) is 0 Å². The van der Waals surface area contributed by atoms with E-state index in [1.54, 1.807) is 0 Å². The fraction of sp³-hybridized carbons (Fsp3) is 0.455. The van der Waals surface area contributed by atoms with Crippen LogP contribution in [0.2, 0.25) is 0 Å². The van der Waals surface area contributed by atoms with Crippen molar-refractivity contribution >= 4 is 21.6 Å². The van der Waals surface area contributed by atoms with Crippen molar-refractivity contribution in [2.75, 3.05) is 25.1 Å². The Morgan fingerprint density at radius 3 is 2.86 bits per heavy atom. The molecule has 2 nitrogen and oxygen atoms in total. The van der Waals surface area contributed by atoms with Gasteiger partial charge in [-0.05, 0) is 37.6 Å². The van der Waals surface area contributed by atoms with Crippen LogP contribution < -0.4 is 5.32 Å². The molecule has 0 bridgehead atoms. The second-order valence-electron chi connectivity index (χ2n) is 3.09. The number of benzene rings is 1. The van der Waals surface area contributed by atoms with E-state index >= 15 is 0 Å². The zero-order chi connectivity index (χ0) is 10.4. The molecule has 3 heteroatoms. The molecule has 0 radical (unpaired) electrons. The number of halogens is 1. The van der Waals surface area contributed by atoms with E-state index in [0.29, 0.717) is 0 Å². The minimum Gasteiger partial charge on any atom is -0.383 e. The Hall–Kier alpha value is -0.540. The first-order valence-corrected chi connectivity index (χ1v) is 5.61. The molecule has 14 heavy (non-hydrogen) atoms. The normalized spacial score (nSPS) is 10.2. The SMILES string of the molecule is CCOCCNc1ccc(Br)c(C)c1. The molecule has 0 saturated carbocycles. The largest absolute Gasteiger partial charge is 0.383 e. The summed E-state index contributed by atoms with van der Waals surface area (Å²) in [4.78, 5) is 0. The summed E-state index contributed by atoms with van der Waals surface area (Å²) in [5.41, 5.74) is 2.39. The minimum absolute atomic E-state index is 0.756. The van der Waals surface area contributed by atoms with Gasteiger partial charge < -0.3 is 10.1 Å². The summed E-state index contributed by atoms with van der Waals surface area (Å²) in [6, 6.07) is 6.23. The maximum absolute atomic E-state index is 5.24. The Balaban J connectivity index is 2.39. The predicted molar refractivity (Wildman–Crippen MR) is 63.9 cm³/mol. The molecule has 1 aromatic carbocycles. The second kappa shape index (κ2) is 6.04. The van der Waals surface area contributed by atoms with Gasteiger partial charge in [-0.25, -0.2) is 0 Å². The Kier molecular flexibility index (Phi) is 4.98. The summed E-state index contributed by atoms with van der Waals surface area (Å²) in [6.45, 7) is 6.48. The van der Waals surface area contributed by atoms with Crippen molar-refractivity contribution in [1.29, 1.82) is 0 Å². The maximum atomic E-state index is 5.24. The van der Waals surface area contributed by atoms with Crippen LogP contribution in [0.25, 0.3) is 0 Å². The van der Waals surface area contributed by atoms with Gasteiger partial charge in [-0.2, -0.15) is 0 Å². The van der Waals surface area contributed by atoms with Gasteiger partial charge in [0.25, 0.3) is 0 Å². The first kappa shape index (κ1) is 11.5. The first-order valence-electron chi connectivity index (χ1n) is 4.82. The van der Waals surface area contributed by atoms with Gasteiger partial charge in [-0.15, -0.1) is 0 Å². The Bertz CT molecular complexity index is 289. The smallest absolute Gasteiger partial charge is 0.0638 e. The fourth-order valence-electron chi connectivity index (χ4n) is 1.17. The number of hydrogen-bond donors (Lipinski definition) is 1. The molecule has 0 heterocycles. The highest BCUT2D eigenvalue weighted by molar-refractivity contribution is 9.10. The highest BCUT2D eigenvalue weighted by atomic mass is 79.9. The molecule has 0 aliphatic rings. The second-order valence-corrected chi connectivity index (χ2v) is 3.94. The third-order valence-corrected chi connectivity index (χ3v) is 2.83. The lowest BCUT2D eigenvalue weighted by Gasteiger charge is -2.07. The van der Waals surface area contributed by atoms with Gasteiger partial charge in [-0.1, -0.05) is 15.9 Å². The monoisotopic (exact) mass is 257 g/mol. The van der Waals surface area contributed by atoms with Gasteiger partial charge in [-0.3, -0.25) is 0 Å². The molecular weight excluding hydrogens is 242 g/mol. The number of anilines is 1. The molecule has 0 aliphatic heterocycles. The third kappa shape index (κ3) is 3.68. The van der Waals surface area contributed by atoms with Gasteiger partial charge >= 0.3 is 0 Å². The van der Waals surface area contributed by atoms with Crippen molar-refractivity contribution in [2.24, 2.45) is 0 Å². The van der Waals surface area contributed by atoms with Crippen LogP contribution in [0.4, 0.5) is 5.69 Å². The van der Waals surface area contributed by atoms with Crippen LogP contribution in [-0.4, -0.2) is 19.8 Å². The van der Waals surface area contributed by atoms with E-state index in [1.165, 1.54) is 5.56 Å². The molecule has 0 aliphatic carbocycles. The van der Waals surface area contributed by atoms with Crippen molar-refractivity contribution in [3.05, 3.63) is 28.2 Å². The Labute approximate surface area is 93.8 Å². The van der Waals surface area contributed by atoms with Crippen molar-refractivity contribution in [2.45, 2.75) is 13.8 Å². The molecule has 0 fully saturated rings. The average Bonchev–Trinajstić information content (AvgIpc) is 2.18. The number of rotatable bonds is 5. The predicted octanol–water partition coefficient (Wildman–Crippen LogP) is 3.21. The molecule has 0 saturated heterocycles. The number of ether oxygens (including phenoxy) is 1. The molecule has 0 unspecified atom stereocenters. The van der Waals surface area contributed by atoms with Crippen LogP contribution in [0.1, 0.15) is 12.5 Å². The van der Waals surface area contributed by atoms with Crippen LogP contribution in [-0.2, 0) is 4.74 Å². The average molecular weight is 258 g/mol.